The highest BCUT2D eigenvalue weighted by molar-refractivity contribution is 5.88. The summed E-state index contributed by atoms with van der Waals surface area (Å²) < 4.78 is 47.7. The van der Waals surface area contributed by atoms with Crippen molar-refractivity contribution in [2.75, 3.05) is 0 Å². The second-order valence-electron chi connectivity index (χ2n) is 1.34. The molecule has 0 saturated heterocycles. The molecule has 0 rings (SSSR count). The summed E-state index contributed by atoms with van der Waals surface area (Å²) in [7, 11) is 0. The van der Waals surface area contributed by atoms with Crippen LogP contribution in [0.4, 0.5) is 17.6 Å². The van der Waals surface area contributed by atoms with Crippen LogP contribution in [-0.2, 0) is 14.3 Å². The number of carbonyl (C=O) groups excluding carboxylic acids is 2. The van der Waals surface area contributed by atoms with Gasteiger partial charge in [0.15, 0.2) is 0 Å². The fourth-order valence-electron chi connectivity index (χ4n) is 0.188. The van der Waals surface area contributed by atoms with Crippen LogP contribution in [0.3, 0.4) is 0 Å². The molecule has 0 atom stereocenters. The maximum atomic E-state index is 11.2. The standard InChI is InChI=1S/C4H2F4O3.ClH/c5-1(6)3(9)11-4(10)2(7)8;/h1-2H;1H. The molecular formula is C4H3ClF4O3. The zero-order chi connectivity index (χ0) is 9.02. The van der Waals surface area contributed by atoms with E-state index in [9.17, 15) is 27.2 Å². The Labute approximate surface area is 70.1 Å². The second kappa shape index (κ2) is 5.76. The quantitative estimate of drug-likeness (QED) is 0.388. The van der Waals surface area contributed by atoms with E-state index >= 15 is 0 Å². The molecular weight excluding hydrogens is 207 g/mol. The Balaban J connectivity index is 0. The highest BCUT2D eigenvalue weighted by Crippen LogP contribution is 2.00. The Morgan fingerprint density at radius 2 is 1.17 bits per heavy atom. The number of rotatable bonds is 2. The predicted molar refractivity (Wildman–Crippen MR) is 30.4 cm³/mol. The van der Waals surface area contributed by atoms with Crippen LogP contribution >= 0.6 is 12.4 Å². The lowest BCUT2D eigenvalue weighted by atomic mass is 10.7. The van der Waals surface area contributed by atoms with Gasteiger partial charge in [0.05, 0.1) is 0 Å². The van der Waals surface area contributed by atoms with Crippen LogP contribution in [-0.4, -0.2) is 24.8 Å². The van der Waals surface area contributed by atoms with Crippen molar-refractivity contribution >= 4 is 24.3 Å². The van der Waals surface area contributed by atoms with Gasteiger partial charge in [-0.1, -0.05) is 0 Å². The summed E-state index contributed by atoms with van der Waals surface area (Å²) in [5.74, 6) is -4.54. The fourth-order valence-corrected chi connectivity index (χ4v) is 0.188. The maximum Gasteiger partial charge on any atom is 0.381 e. The van der Waals surface area contributed by atoms with Gasteiger partial charge in [-0.05, 0) is 0 Å². The van der Waals surface area contributed by atoms with Gasteiger partial charge < -0.3 is 4.74 Å². The average Bonchev–Trinajstić information content (AvgIpc) is 1.87. The molecule has 12 heavy (non-hydrogen) atoms. The van der Waals surface area contributed by atoms with Gasteiger partial charge in [0.1, 0.15) is 0 Å². The van der Waals surface area contributed by atoms with Gasteiger partial charge in [-0.15, -0.1) is 12.4 Å². The monoisotopic (exact) mass is 210 g/mol. The molecule has 0 bridgehead atoms. The molecule has 0 amide bonds. The third-order valence-electron chi connectivity index (χ3n) is 0.558. The van der Waals surface area contributed by atoms with Crippen LogP contribution in [0.2, 0.25) is 0 Å². The third kappa shape index (κ3) is 4.89. The van der Waals surface area contributed by atoms with Crippen molar-refractivity contribution in [1.82, 2.24) is 0 Å². The van der Waals surface area contributed by atoms with E-state index in [-0.39, 0.29) is 12.4 Å². The first-order chi connectivity index (χ1) is 4.95. The highest BCUT2D eigenvalue weighted by Gasteiger charge is 2.26. The number of esters is 2. The Kier molecular flexibility index (Phi) is 6.58. The lowest BCUT2D eigenvalue weighted by molar-refractivity contribution is -0.174. The Bertz CT molecular complexity index is 154. The van der Waals surface area contributed by atoms with Crippen LogP contribution in [0, 0.1) is 0 Å². The van der Waals surface area contributed by atoms with Gasteiger partial charge in [0.2, 0.25) is 0 Å². The zero-order valence-electron chi connectivity index (χ0n) is 5.30. The van der Waals surface area contributed by atoms with Gasteiger partial charge in [0.25, 0.3) is 0 Å². The van der Waals surface area contributed by atoms with Crippen LogP contribution in [0.25, 0.3) is 0 Å². The molecule has 8 heteroatoms. The minimum Gasteiger partial charge on any atom is -0.385 e. The minimum absolute atomic E-state index is 0. The first-order valence-electron chi connectivity index (χ1n) is 2.27. The number of ether oxygens (including phenoxy) is 1. The molecule has 72 valence electrons. The molecule has 0 spiro atoms. The second-order valence-corrected chi connectivity index (χ2v) is 1.34. The summed E-state index contributed by atoms with van der Waals surface area (Å²) in [5, 5.41) is 0. The van der Waals surface area contributed by atoms with Crippen molar-refractivity contribution < 1.29 is 31.9 Å². The Morgan fingerprint density at radius 1 is 0.917 bits per heavy atom. The lowest BCUT2D eigenvalue weighted by Gasteiger charge is -1.99. The topological polar surface area (TPSA) is 43.4 Å². The van der Waals surface area contributed by atoms with Crippen molar-refractivity contribution in [1.29, 1.82) is 0 Å². The smallest absolute Gasteiger partial charge is 0.381 e. The summed E-state index contributed by atoms with van der Waals surface area (Å²) in [6.45, 7) is 0. The lowest BCUT2D eigenvalue weighted by Crippen LogP contribution is -2.23. The molecule has 0 aliphatic heterocycles. The summed E-state index contributed by atoms with van der Waals surface area (Å²) in [6.07, 6.45) is -7.14. The molecule has 0 aromatic carbocycles. The van der Waals surface area contributed by atoms with Gasteiger partial charge in [0, 0.05) is 0 Å². The van der Waals surface area contributed by atoms with E-state index in [4.69, 9.17) is 0 Å². The average molecular weight is 211 g/mol. The molecule has 0 aliphatic carbocycles. The van der Waals surface area contributed by atoms with E-state index < -0.39 is 24.8 Å². The Morgan fingerprint density at radius 3 is 1.33 bits per heavy atom. The van der Waals surface area contributed by atoms with E-state index in [2.05, 4.69) is 4.74 Å². The number of hydrogen-bond donors (Lipinski definition) is 0. The number of alkyl halides is 4. The molecule has 0 fully saturated rings. The summed E-state index contributed by atoms with van der Waals surface area (Å²) in [6, 6.07) is 0. The van der Waals surface area contributed by atoms with Crippen molar-refractivity contribution in [2.45, 2.75) is 12.9 Å². The van der Waals surface area contributed by atoms with Crippen molar-refractivity contribution in [3.63, 3.8) is 0 Å². The molecule has 0 radical (unpaired) electrons. The van der Waals surface area contributed by atoms with E-state index in [1.807, 2.05) is 0 Å². The van der Waals surface area contributed by atoms with Gasteiger partial charge in [-0.25, -0.2) is 9.59 Å². The number of carbonyl (C=O) groups is 2. The van der Waals surface area contributed by atoms with Crippen LogP contribution in [0.15, 0.2) is 0 Å². The Hall–Kier alpha value is -0.850. The number of hydrogen-bond acceptors (Lipinski definition) is 3. The van der Waals surface area contributed by atoms with Crippen LogP contribution in [0.5, 0.6) is 0 Å². The van der Waals surface area contributed by atoms with Gasteiger partial charge in [-0.2, -0.15) is 17.6 Å². The first kappa shape index (κ1) is 13.7. The first-order valence-corrected chi connectivity index (χ1v) is 2.27. The molecule has 0 saturated carbocycles. The fraction of sp³-hybridized carbons (Fsp3) is 0.500. The van der Waals surface area contributed by atoms with E-state index in [0.717, 1.165) is 0 Å². The SMILES string of the molecule is Cl.O=C(OC(=O)C(F)F)C(F)F. The summed E-state index contributed by atoms with van der Waals surface area (Å²) in [4.78, 5) is 19.5. The zero-order valence-corrected chi connectivity index (χ0v) is 6.12. The molecule has 0 unspecified atom stereocenters. The minimum atomic E-state index is -3.57. The predicted octanol–water partition coefficient (Wildman–Crippen LogP) is 1.01. The highest BCUT2D eigenvalue weighted by atomic mass is 35.5. The molecule has 0 aliphatic rings. The molecule has 3 nitrogen and oxygen atoms in total. The summed E-state index contributed by atoms with van der Waals surface area (Å²) in [5.41, 5.74) is 0. The van der Waals surface area contributed by atoms with Crippen molar-refractivity contribution in [3.05, 3.63) is 0 Å². The third-order valence-corrected chi connectivity index (χ3v) is 0.558. The van der Waals surface area contributed by atoms with Gasteiger partial charge >= 0.3 is 24.8 Å². The molecule has 0 N–H and O–H groups in total. The summed E-state index contributed by atoms with van der Waals surface area (Å²) >= 11 is 0. The van der Waals surface area contributed by atoms with E-state index in [1.165, 1.54) is 0 Å². The normalized spacial score (nSPS) is 9.50. The number of halogens is 5. The van der Waals surface area contributed by atoms with Gasteiger partial charge in [-0.3, -0.25) is 0 Å². The van der Waals surface area contributed by atoms with E-state index in [1.54, 1.807) is 0 Å². The van der Waals surface area contributed by atoms with Crippen molar-refractivity contribution in [3.8, 4) is 0 Å². The van der Waals surface area contributed by atoms with Crippen LogP contribution < -0.4 is 0 Å². The molecule has 0 aromatic heterocycles. The molecule has 0 heterocycles. The van der Waals surface area contributed by atoms with Crippen molar-refractivity contribution in [2.24, 2.45) is 0 Å². The maximum absolute atomic E-state index is 11.2. The van der Waals surface area contributed by atoms with Crippen LogP contribution in [0.1, 0.15) is 0 Å². The van der Waals surface area contributed by atoms with E-state index in [0.29, 0.717) is 0 Å². The molecule has 0 aromatic rings. The largest absolute Gasteiger partial charge is 0.385 e.